The van der Waals surface area contributed by atoms with Gasteiger partial charge in [0.1, 0.15) is 5.75 Å². The van der Waals surface area contributed by atoms with Crippen LogP contribution in [0, 0.1) is 0 Å². The summed E-state index contributed by atoms with van der Waals surface area (Å²) < 4.78 is 5.59. The van der Waals surface area contributed by atoms with Crippen LogP contribution in [0.25, 0.3) is 11.1 Å². The Balaban J connectivity index is 2.26. The Morgan fingerprint density at radius 2 is 1.65 bits per heavy atom. The summed E-state index contributed by atoms with van der Waals surface area (Å²) in [4.78, 5) is 11.2. The first kappa shape index (κ1) is 10.3. The maximum absolute atomic E-state index is 11.2. The fourth-order valence-electron chi connectivity index (χ4n) is 1.94. The summed E-state index contributed by atoms with van der Waals surface area (Å²) in [6.45, 7) is 0. The molecule has 2 aromatic carbocycles. The maximum atomic E-state index is 11.2. The zero-order valence-corrected chi connectivity index (χ0v) is 9.72. The number of benzene rings is 2. The highest BCUT2D eigenvalue weighted by atomic mass is 31.1. The van der Waals surface area contributed by atoms with E-state index in [0.717, 1.165) is 16.4 Å². The van der Waals surface area contributed by atoms with Crippen LogP contribution < -0.4 is 9.83 Å². The zero-order valence-electron chi connectivity index (χ0n) is 8.83. The molecule has 1 unspecified atom stereocenters. The van der Waals surface area contributed by atoms with E-state index in [2.05, 4.69) is 0 Å². The number of fused-ring (bicyclic) bond motifs is 3. The molecule has 0 aliphatic carbocycles. The molecule has 3 rings (SSSR count). The third kappa shape index (κ3) is 1.60. The molecule has 84 valence electrons. The number of para-hydroxylation sites is 1. The summed E-state index contributed by atoms with van der Waals surface area (Å²) in [5, 5.41) is 9.99. The van der Waals surface area contributed by atoms with Crippen LogP contribution in [0.2, 0.25) is 0 Å². The van der Waals surface area contributed by atoms with Crippen molar-refractivity contribution in [3.8, 4) is 16.9 Å². The lowest BCUT2D eigenvalue weighted by Gasteiger charge is -2.24. The molecule has 0 saturated carbocycles. The summed E-state index contributed by atoms with van der Waals surface area (Å²) in [6, 6.07) is 15.0. The predicted octanol–water partition coefficient (Wildman–Crippen LogP) is 3.45. The topological polar surface area (TPSA) is 46.5 Å². The average molecular weight is 244 g/mol. The van der Waals surface area contributed by atoms with Crippen LogP contribution in [0.5, 0.6) is 5.75 Å². The van der Waals surface area contributed by atoms with E-state index in [0.29, 0.717) is 5.75 Å². The van der Waals surface area contributed by atoms with Gasteiger partial charge in [-0.15, -0.1) is 0 Å². The van der Waals surface area contributed by atoms with Crippen LogP contribution >= 0.6 is 8.15 Å². The van der Waals surface area contributed by atoms with Crippen LogP contribution in [0.4, 0.5) is 4.79 Å². The molecule has 3 nitrogen and oxygen atoms in total. The molecule has 17 heavy (non-hydrogen) atoms. The molecular formula is C13H9O3P. The molecule has 1 heterocycles. The first-order chi connectivity index (χ1) is 8.27. The third-order valence-electron chi connectivity index (χ3n) is 2.66. The van der Waals surface area contributed by atoms with Crippen molar-refractivity contribution in [3.05, 3.63) is 48.5 Å². The van der Waals surface area contributed by atoms with Gasteiger partial charge in [0.25, 0.3) is 0 Å². The Morgan fingerprint density at radius 1 is 1.00 bits per heavy atom. The molecule has 2 aromatic rings. The average Bonchev–Trinajstić information content (AvgIpc) is 2.37. The smallest absolute Gasteiger partial charge is 0.369 e. The Kier molecular flexibility index (Phi) is 2.34. The molecule has 1 atom stereocenters. The molecule has 0 spiro atoms. The molecule has 0 radical (unpaired) electrons. The molecule has 0 fully saturated rings. The number of carboxylic acid groups (broad SMARTS) is 1. The lowest BCUT2D eigenvalue weighted by molar-refractivity contribution is 0.219. The SMILES string of the molecule is O=C(O)P1Oc2ccccc2-c2ccccc21. The fraction of sp³-hybridized carbons (Fsp3) is 0. The molecule has 0 saturated heterocycles. The molecule has 0 aromatic heterocycles. The summed E-state index contributed by atoms with van der Waals surface area (Å²) in [7, 11) is -1.62. The largest absolute Gasteiger partial charge is 0.475 e. The van der Waals surface area contributed by atoms with E-state index >= 15 is 0 Å². The first-order valence-electron chi connectivity index (χ1n) is 5.17. The van der Waals surface area contributed by atoms with Crippen molar-refractivity contribution in [1.82, 2.24) is 0 Å². The van der Waals surface area contributed by atoms with E-state index in [1.807, 2.05) is 48.5 Å². The third-order valence-corrected chi connectivity index (χ3v) is 4.22. The van der Waals surface area contributed by atoms with E-state index in [9.17, 15) is 9.90 Å². The Labute approximate surface area is 99.5 Å². The van der Waals surface area contributed by atoms with Gasteiger partial charge in [0.05, 0.1) is 0 Å². The second kappa shape index (κ2) is 3.86. The van der Waals surface area contributed by atoms with Gasteiger partial charge in [-0.25, -0.2) is 4.79 Å². The summed E-state index contributed by atoms with van der Waals surface area (Å²) in [6.07, 6.45) is 0. The first-order valence-corrected chi connectivity index (χ1v) is 6.43. The van der Waals surface area contributed by atoms with Crippen molar-refractivity contribution in [2.24, 2.45) is 0 Å². The minimum Gasteiger partial charge on any atom is -0.475 e. The van der Waals surface area contributed by atoms with Crippen molar-refractivity contribution >= 4 is 19.2 Å². The van der Waals surface area contributed by atoms with Crippen LogP contribution in [0.3, 0.4) is 0 Å². The van der Waals surface area contributed by atoms with Crippen molar-refractivity contribution < 1.29 is 14.4 Å². The summed E-state index contributed by atoms with van der Waals surface area (Å²) in [5.41, 5.74) is 1.02. The van der Waals surface area contributed by atoms with Crippen molar-refractivity contribution in [3.63, 3.8) is 0 Å². The molecule has 1 aliphatic rings. The lowest BCUT2D eigenvalue weighted by atomic mass is 10.0. The highest BCUT2D eigenvalue weighted by Crippen LogP contribution is 2.48. The van der Waals surface area contributed by atoms with Gasteiger partial charge >= 0.3 is 5.71 Å². The quantitative estimate of drug-likeness (QED) is 0.781. The predicted molar refractivity (Wildman–Crippen MR) is 67.1 cm³/mol. The van der Waals surface area contributed by atoms with E-state index in [1.54, 1.807) is 0 Å². The maximum Gasteiger partial charge on any atom is 0.369 e. The van der Waals surface area contributed by atoms with Gasteiger partial charge in [0.15, 0.2) is 0 Å². The minimum atomic E-state index is -1.62. The van der Waals surface area contributed by atoms with Crippen molar-refractivity contribution in [1.29, 1.82) is 0 Å². The number of hydrogen-bond donors (Lipinski definition) is 1. The Hall–Kier alpha value is -1.86. The highest BCUT2D eigenvalue weighted by molar-refractivity contribution is 7.77. The van der Waals surface area contributed by atoms with Gasteiger partial charge in [-0.3, -0.25) is 0 Å². The minimum absolute atomic E-state index is 0.653. The van der Waals surface area contributed by atoms with Gasteiger partial charge in [-0.05, 0) is 11.6 Å². The zero-order chi connectivity index (χ0) is 11.8. The van der Waals surface area contributed by atoms with E-state index in [-0.39, 0.29) is 0 Å². The van der Waals surface area contributed by atoms with Gasteiger partial charge in [-0.1, -0.05) is 42.5 Å². The van der Waals surface area contributed by atoms with Crippen LogP contribution in [0.15, 0.2) is 48.5 Å². The van der Waals surface area contributed by atoms with Crippen LogP contribution in [0.1, 0.15) is 0 Å². The Morgan fingerprint density at radius 3 is 2.41 bits per heavy atom. The summed E-state index contributed by atoms with van der Waals surface area (Å²) in [5.74, 6) is 0.653. The molecule has 0 bridgehead atoms. The van der Waals surface area contributed by atoms with Crippen molar-refractivity contribution in [2.45, 2.75) is 0 Å². The lowest BCUT2D eigenvalue weighted by Crippen LogP contribution is -2.17. The van der Waals surface area contributed by atoms with Crippen molar-refractivity contribution in [2.75, 3.05) is 0 Å². The summed E-state index contributed by atoms with van der Waals surface area (Å²) >= 11 is 0. The molecular weight excluding hydrogens is 235 g/mol. The normalized spacial score (nSPS) is 16.6. The monoisotopic (exact) mass is 244 g/mol. The standard InChI is InChI=1S/C13H9O3P/c14-13(15)17-12-8-4-2-6-10(12)9-5-1-3-7-11(9)16-17/h1-8H,(H,14,15). The molecule has 1 N–H and O–H groups in total. The van der Waals surface area contributed by atoms with Crippen LogP contribution in [-0.2, 0) is 0 Å². The van der Waals surface area contributed by atoms with Gasteiger partial charge in [0, 0.05) is 10.9 Å². The number of carbonyl (C=O) groups is 1. The van der Waals surface area contributed by atoms with E-state index in [1.165, 1.54) is 0 Å². The van der Waals surface area contributed by atoms with Gasteiger partial charge in [0.2, 0.25) is 8.15 Å². The molecule has 1 aliphatic heterocycles. The number of rotatable bonds is 1. The second-order valence-corrected chi connectivity index (χ2v) is 5.32. The fourth-order valence-corrected chi connectivity index (χ4v) is 3.31. The van der Waals surface area contributed by atoms with Gasteiger partial charge in [-0.2, -0.15) is 0 Å². The number of hydrogen-bond acceptors (Lipinski definition) is 2. The van der Waals surface area contributed by atoms with Crippen LogP contribution in [-0.4, -0.2) is 10.8 Å². The molecule has 0 amide bonds. The molecule has 4 heteroatoms. The Bertz CT molecular complexity index is 595. The second-order valence-electron chi connectivity index (χ2n) is 3.68. The van der Waals surface area contributed by atoms with E-state index in [4.69, 9.17) is 4.52 Å². The van der Waals surface area contributed by atoms with E-state index < -0.39 is 13.9 Å². The van der Waals surface area contributed by atoms with Gasteiger partial charge < -0.3 is 9.63 Å². The highest BCUT2D eigenvalue weighted by Gasteiger charge is 2.31.